The van der Waals surface area contributed by atoms with E-state index in [0.29, 0.717) is 12.0 Å². The molecule has 0 aliphatic carbocycles. The summed E-state index contributed by atoms with van der Waals surface area (Å²) in [6.07, 6.45) is 2.46. The fourth-order valence-electron chi connectivity index (χ4n) is 3.24. The van der Waals surface area contributed by atoms with Gasteiger partial charge in [-0.05, 0) is 63.6 Å². The third kappa shape index (κ3) is 2.28. The molecule has 0 saturated heterocycles. The van der Waals surface area contributed by atoms with Crippen LogP contribution in [0, 0.1) is 0 Å². The van der Waals surface area contributed by atoms with Crippen molar-refractivity contribution in [3.8, 4) is 0 Å². The first-order chi connectivity index (χ1) is 8.33. The molecule has 0 bridgehead atoms. The highest BCUT2D eigenvalue weighted by molar-refractivity contribution is 5.60. The number of rotatable bonds is 2. The summed E-state index contributed by atoms with van der Waals surface area (Å²) in [7, 11) is 0. The second kappa shape index (κ2) is 4.60. The Labute approximate surface area is 112 Å². The van der Waals surface area contributed by atoms with Gasteiger partial charge in [0.1, 0.15) is 0 Å². The molecular formula is C17H27N. The minimum atomic E-state index is 0.275. The van der Waals surface area contributed by atoms with Gasteiger partial charge >= 0.3 is 0 Å². The van der Waals surface area contributed by atoms with Crippen molar-refractivity contribution in [1.29, 1.82) is 0 Å². The summed E-state index contributed by atoms with van der Waals surface area (Å²) in [6, 6.07) is 7.62. The maximum absolute atomic E-state index is 2.61. The van der Waals surface area contributed by atoms with Crippen molar-refractivity contribution >= 4 is 5.69 Å². The second-order valence-corrected chi connectivity index (χ2v) is 6.82. The van der Waals surface area contributed by atoms with Crippen LogP contribution in [0.15, 0.2) is 18.2 Å². The number of nitrogens with zero attached hydrogens (tertiary/aromatic N) is 1. The normalized spacial score (nSPS) is 18.3. The molecule has 1 nitrogen and oxygen atoms in total. The van der Waals surface area contributed by atoms with Crippen LogP contribution < -0.4 is 4.90 Å². The third-order valence-electron chi connectivity index (χ3n) is 4.21. The first-order valence-electron chi connectivity index (χ1n) is 7.25. The van der Waals surface area contributed by atoms with Crippen LogP contribution in [0.25, 0.3) is 0 Å². The average Bonchev–Trinajstić information content (AvgIpc) is 2.26. The molecule has 2 rings (SSSR count). The van der Waals surface area contributed by atoms with Gasteiger partial charge in [0.2, 0.25) is 0 Å². The Hall–Kier alpha value is -0.980. The molecule has 0 fully saturated rings. The summed E-state index contributed by atoms with van der Waals surface area (Å²) >= 11 is 0. The summed E-state index contributed by atoms with van der Waals surface area (Å²) in [4.78, 5) is 2.61. The van der Waals surface area contributed by atoms with E-state index in [9.17, 15) is 0 Å². The van der Waals surface area contributed by atoms with E-state index in [-0.39, 0.29) is 5.54 Å². The lowest BCUT2D eigenvalue weighted by molar-refractivity contribution is 0.383. The number of fused-ring (bicyclic) bond motifs is 1. The van der Waals surface area contributed by atoms with Crippen molar-refractivity contribution in [2.45, 2.75) is 71.9 Å². The minimum Gasteiger partial charge on any atom is -0.364 e. The molecule has 0 atom stereocenters. The Morgan fingerprint density at radius 2 is 1.78 bits per heavy atom. The second-order valence-electron chi connectivity index (χ2n) is 6.82. The number of hydrogen-bond acceptors (Lipinski definition) is 1. The van der Waals surface area contributed by atoms with E-state index >= 15 is 0 Å². The van der Waals surface area contributed by atoms with Crippen molar-refractivity contribution in [2.75, 3.05) is 4.90 Å². The lowest BCUT2D eigenvalue weighted by Crippen LogP contribution is -2.51. The van der Waals surface area contributed by atoms with Crippen LogP contribution in [0.5, 0.6) is 0 Å². The topological polar surface area (TPSA) is 3.24 Å². The molecule has 1 aromatic rings. The lowest BCUT2D eigenvalue weighted by Gasteiger charge is -2.48. The molecule has 18 heavy (non-hydrogen) atoms. The zero-order valence-corrected chi connectivity index (χ0v) is 12.7. The molecule has 0 N–H and O–H groups in total. The summed E-state index contributed by atoms with van der Waals surface area (Å²) in [5.74, 6) is 0.606. The molecule has 1 heterocycles. The molecule has 100 valence electrons. The SMILES string of the molecule is CC(C)c1ccc2c(c1)N(C(C)C)C(C)(C)CC2. The molecule has 0 aromatic heterocycles. The van der Waals surface area contributed by atoms with Crippen molar-refractivity contribution in [1.82, 2.24) is 0 Å². The van der Waals surface area contributed by atoms with Crippen LogP contribution >= 0.6 is 0 Å². The van der Waals surface area contributed by atoms with E-state index in [1.165, 1.54) is 29.7 Å². The van der Waals surface area contributed by atoms with E-state index in [2.05, 4.69) is 64.6 Å². The Kier molecular flexibility index (Phi) is 3.44. The number of benzene rings is 1. The molecule has 1 heteroatoms. The Balaban J connectivity index is 2.51. The van der Waals surface area contributed by atoms with Crippen molar-refractivity contribution in [2.24, 2.45) is 0 Å². The Bertz CT molecular complexity index is 429. The maximum Gasteiger partial charge on any atom is 0.0408 e. The number of anilines is 1. The van der Waals surface area contributed by atoms with Crippen LogP contribution in [-0.4, -0.2) is 11.6 Å². The van der Waals surface area contributed by atoms with Gasteiger partial charge in [-0.1, -0.05) is 26.0 Å². The fraction of sp³-hybridized carbons (Fsp3) is 0.647. The van der Waals surface area contributed by atoms with Gasteiger partial charge in [-0.15, -0.1) is 0 Å². The van der Waals surface area contributed by atoms with Gasteiger partial charge < -0.3 is 4.90 Å². The summed E-state index contributed by atoms with van der Waals surface area (Å²) < 4.78 is 0. The number of aryl methyl sites for hydroxylation is 1. The highest BCUT2D eigenvalue weighted by Gasteiger charge is 2.34. The fourth-order valence-corrected chi connectivity index (χ4v) is 3.24. The summed E-state index contributed by atoms with van der Waals surface area (Å²) in [5.41, 5.74) is 4.72. The Morgan fingerprint density at radius 3 is 2.33 bits per heavy atom. The predicted octanol–water partition coefficient (Wildman–Crippen LogP) is 4.75. The first kappa shape index (κ1) is 13.5. The van der Waals surface area contributed by atoms with Crippen molar-refractivity contribution < 1.29 is 0 Å². The molecule has 0 amide bonds. The van der Waals surface area contributed by atoms with Gasteiger partial charge in [0, 0.05) is 17.3 Å². The average molecular weight is 245 g/mol. The monoisotopic (exact) mass is 245 g/mol. The van der Waals surface area contributed by atoms with Crippen LogP contribution in [-0.2, 0) is 6.42 Å². The number of hydrogen-bond donors (Lipinski definition) is 0. The zero-order valence-electron chi connectivity index (χ0n) is 12.7. The Morgan fingerprint density at radius 1 is 1.11 bits per heavy atom. The predicted molar refractivity (Wildman–Crippen MR) is 80.5 cm³/mol. The highest BCUT2D eigenvalue weighted by atomic mass is 15.2. The van der Waals surface area contributed by atoms with Crippen LogP contribution in [0.4, 0.5) is 5.69 Å². The molecule has 1 aromatic carbocycles. The van der Waals surface area contributed by atoms with Crippen LogP contribution in [0.1, 0.15) is 65.0 Å². The van der Waals surface area contributed by atoms with Crippen LogP contribution in [0.2, 0.25) is 0 Å². The molecule has 0 saturated carbocycles. The van der Waals surface area contributed by atoms with Gasteiger partial charge in [0.05, 0.1) is 0 Å². The third-order valence-corrected chi connectivity index (χ3v) is 4.21. The van der Waals surface area contributed by atoms with E-state index in [1.54, 1.807) is 0 Å². The summed E-state index contributed by atoms with van der Waals surface area (Å²) in [5, 5.41) is 0. The van der Waals surface area contributed by atoms with Crippen molar-refractivity contribution in [3.05, 3.63) is 29.3 Å². The largest absolute Gasteiger partial charge is 0.364 e. The lowest BCUT2D eigenvalue weighted by atomic mass is 9.84. The molecule has 0 radical (unpaired) electrons. The first-order valence-corrected chi connectivity index (χ1v) is 7.25. The molecule has 0 unspecified atom stereocenters. The van der Waals surface area contributed by atoms with Gasteiger partial charge in [-0.2, -0.15) is 0 Å². The standard InChI is InChI=1S/C17H27N/c1-12(2)15-8-7-14-9-10-17(5,6)18(13(3)4)16(14)11-15/h7-8,11-13H,9-10H2,1-6H3. The maximum atomic E-state index is 2.61. The van der Waals surface area contributed by atoms with Gasteiger partial charge in [0.25, 0.3) is 0 Å². The minimum absolute atomic E-state index is 0.275. The smallest absolute Gasteiger partial charge is 0.0408 e. The van der Waals surface area contributed by atoms with Crippen molar-refractivity contribution in [3.63, 3.8) is 0 Å². The summed E-state index contributed by atoms with van der Waals surface area (Å²) in [6.45, 7) is 13.9. The molecule has 1 aliphatic heterocycles. The zero-order chi connectivity index (χ0) is 13.5. The van der Waals surface area contributed by atoms with Gasteiger partial charge in [-0.25, -0.2) is 0 Å². The van der Waals surface area contributed by atoms with E-state index < -0.39 is 0 Å². The molecule has 1 aliphatic rings. The molecule has 0 spiro atoms. The van der Waals surface area contributed by atoms with Gasteiger partial charge in [-0.3, -0.25) is 0 Å². The van der Waals surface area contributed by atoms with E-state index in [4.69, 9.17) is 0 Å². The van der Waals surface area contributed by atoms with Gasteiger partial charge in [0.15, 0.2) is 0 Å². The van der Waals surface area contributed by atoms with Crippen LogP contribution in [0.3, 0.4) is 0 Å². The van der Waals surface area contributed by atoms with E-state index in [1.807, 2.05) is 0 Å². The highest BCUT2D eigenvalue weighted by Crippen LogP contribution is 2.39. The quantitative estimate of drug-likeness (QED) is 0.727. The molecular weight excluding hydrogens is 218 g/mol. The van der Waals surface area contributed by atoms with E-state index in [0.717, 1.165) is 0 Å².